The molecule has 0 radical (unpaired) electrons. The molecular weight excluding hydrogens is 216 g/mol. The summed E-state index contributed by atoms with van der Waals surface area (Å²) in [5, 5.41) is 11.6. The van der Waals surface area contributed by atoms with Crippen molar-refractivity contribution in [1.29, 1.82) is 5.26 Å². The van der Waals surface area contributed by atoms with Crippen molar-refractivity contribution in [2.24, 2.45) is 0 Å². The van der Waals surface area contributed by atoms with Crippen LogP contribution in [-0.2, 0) is 9.53 Å². The molecule has 90 valence electrons. The lowest BCUT2D eigenvalue weighted by atomic mass is 10.1. The molecule has 0 bridgehead atoms. The average Bonchev–Trinajstić information content (AvgIpc) is 2.32. The second kappa shape index (κ2) is 6.66. The molecule has 0 aliphatic heterocycles. The van der Waals surface area contributed by atoms with Gasteiger partial charge in [0, 0.05) is 12.3 Å². The van der Waals surface area contributed by atoms with Crippen LogP contribution in [0.3, 0.4) is 0 Å². The van der Waals surface area contributed by atoms with Gasteiger partial charge in [0.25, 0.3) is 0 Å². The molecule has 0 saturated heterocycles. The first-order chi connectivity index (χ1) is 8.17. The summed E-state index contributed by atoms with van der Waals surface area (Å²) < 4.78 is 5.10. The smallest absolute Gasteiger partial charge is 0.226 e. The van der Waals surface area contributed by atoms with Crippen molar-refractivity contribution in [3.8, 4) is 6.07 Å². The van der Waals surface area contributed by atoms with Crippen molar-refractivity contribution in [1.82, 2.24) is 0 Å². The molecule has 4 nitrogen and oxygen atoms in total. The summed E-state index contributed by atoms with van der Waals surface area (Å²) in [6.45, 7) is 4.80. The second-order valence-corrected chi connectivity index (χ2v) is 3.64. The van der Waals surface area contributed by atoms with Gasteiger partial charge in [0.05, 0.1) is 24.7 Å². The highest BCUT2D eigenvalue weighted by atomic mass is 16.5. The van der Waals surface area contributed by atoms with E-state index in [-0.39, 0.29) is 5.91 Å². The average molecular weight is 232 g/mol. The quantitative estimate of drug-likeness (QED) is 0.792. The second-order valence-electron chi connectivity index (χ2n) is 3.64. The van der Waals surface area contributed by atoms with E-state index in [4.69, 9.17) is 10.00 Å². The fourth-order valence-corrected chi connectivity index (χ4v) is 1.35. The highest BCUT2D eigenvalue weighted by Gasteiger charge is 2.05. The molecule has 0 fully saturated rings. The monoisotopic (exact) mass is 232 g/mol. The number of amides is 1. The predicted octanol–water partition coefficient (Wildman–Crippen LogP) is 2.23. The van der Waals surface area contributed by atoms with E-state index < -0.39 is 0 Å². The van der Waals surface area contributed by atoms with Crippen LogP contribution in [0.15, 0.2) is 18.2 Å². The number of benzene rings is 1. The number of nitrogens with one attached hydrogen (secondary N) is 1. The first-order valence-corrected chi connectivity index (χ1v) is 5.55. The van der Waals surface area contributed by atoms with Crippen molar-refractivity contribution in [3.05, 3.63) is 29.3 Å². The van der Waals surface area contributed by atoms with E-state index in [2.05, 4.69) is 5.32 Å². The molecule has 1 aromatic rings. The third kappa shape index (κ3) is 4.25. The Morgan fingerprint density at radius 3 is 2.94 bits per heavy atom. The summed E-state index contributed by atoms with van der Waals surface area (Å²) >= 11 is 0. The van der Waals surface area contributed by atoms with Gasteiger partial charge in [-0.3, -0.25) is 4.79 Å². The fraction of sp³-hybridized carbons (Fsp3) is 0.385. The fourth-order valence-electron chi connectivity index (χ4n) is 1.35. The molecular formula is C13H16N2O2. The van der Waals surface area contributed by atoms with E-state index in [1.807, 2.05) is 26.0 Å². The molecule has 0 spiro atoms. The topological polar surface area (TPSA) is 62.1 Å². The highest BCUT2D eigenvalue weighted by molar-refractivity contribution is 5.91. The lowest BCUT2D eigenvalue weighted by Crippen LogP contribution is -2.15. The number of hydrogen-bond acceptors (Lipinski definition) is 3. The molecule has 1 N–H and O–H groups in total. The van der Waals surface area contributed by atoms with E-state index in [1.165, 1.54) is 0 Å². The Bertz CT molecular complexity index is 436. The molecule has 0 unspecified atom stereocenters. The lowest BCUT2D eigenvalue weighted by molar-refractivity contribution is -0.117. The van der Waals surface area contributed by atoms with Gasteiger partial charge in [-0.2, -0.15) is 5.26 Å². The lowest BCUT2D eigenvalue weighted by Gasteiger charge is -2.08. The van der Waals surface area contributed by atoms with Gasteiger partial charge < -0.3 is 10.1 Å². The molecule has 0 aliphatic carbocycles. The zero-order chi connectivity index (χ0) is 12.7. The minimum Gasteiger partial charge on any atom is -0.381 e. The van der Waals surface area contributed by atoms with Gasteiger partial charge in [-0.15, -0.1) is 0 Å². The van der Waals surface area contributed by atoms with Crippen LogP contribution in [0.2, 0.25) is 0 Å². The van der Waals surface area contributed by atoms with Crippen molar-refractivity contribution >= 4 is 11.6 Å². The van der Waals surface area contributed by atoms with Crippen LogP contribution in [0.25, 0.3) is 0 Å². The predicted molar refractivity (Wildman–Crippen MR) is 65.6 cm³/mol. The van der Waals surface area contributed by atoms with Crippen LogP contribution in [0, 0.1) is 18.3 Å². The van der Waals surface area contributed by atoms with Crippen molar-refractivity contribution in [2.75, 3.05) is 18.5 Å². The number of nitrogens with zero attached hydrogens (tertiary/aromatic N) is 1. The molecule has 0 aromatic heterocycles. The van der Waals surface area contributed by atoms with Crippen LogP contribution in [0.5, 0.6) is 0 Å². The van der Waals surface area contributed by atoms with Crippen LogP contribution in [0.4, 0.5) is 5.69 Å². The number of nitriles is 1. The van der Waals surface area contributed by atoms with Crippen LogP contribution in [0.1, 0.15) is 24.5 Å². The summed E-state index contributed by atoms with van der Waals surface area (Å²) in [6, 6.07) is 7.26. The molecule has 4 heteroatoms. The Morgan fingerprint density at radius 2 is 2.29 bits per heavy atom. The highest BCUT2D eigenvalue weighted by Crippen LogP contribution is 2.16. The molecule has 0 heterocycles. The minimum absolute atomic E-state index is 0.100. The molecule has 1 aromatic carbocycles. The number of anilines is 1. The molecule has 1 rings (SSSR count). The SMILES string of the molecule is CCOCCC(=O)Nc1cc(C#N)ccc1C. The number of carbonyl (C=O) groups excluding carboxylic acids is 1. The van der Waals surface area contributed by atoms with Gasteiger partial charge in [-0.1, -0.05) is 6.07 Å². The van der Waals surface area contributed by atoms with E-state index >= 15 is 0 Å². The van der Waals surface area contributed by atoms with Gasteiger partial charge in [-0.05, 0) is 31.5 Å². The summed E-state index contributed by atoms with van der Waals surface area (Å²) in [7, 11) is 0. The van der Waals surface area contributed by atoms with Gasteiger partial charge in [0.2, 0.25) is 5.91 Å². The molecule has 1 amide bonds. The van der Waals surface area contributed by atoms with Gasteiger partial charge in [-0.25, -0.2) is 0 Å². The molecule has 0 saturated carbocycles. The molecule has 0 atom stereocenters. The Kier molecular flexibility index (Phi) is 5.18. The van der Waals surface area contributed by atoms with Gasteiger partial charge in [0.15, 0.2) is 0 Å². The van der Waals surface area contributed by atoms with E-state index in [9.17, 15) is 4.79 Å². The summed E-state index contributed by atoms with van der Waals surface area (Å²) in [4.78, 5) is 11.6. The number of rotatable bonds is 5. The van der Waals surface area contributed by atoms with Crippen molar-refractivity contribution < 1.29 is 9.53 Å². The number of carbonyl (C=O) groups is 1. The summed E-state index contributed by atoms with van der Waals surface area (Å²) in [5.74, 6) is -0.100. The van der Waals surface area contributed by atoms with E-state index in [0.29, 0.717) is 30.9 Å². The first kappa shape index (κ1) is 13.2. The summed E-state index contributed by atoms with van der Waals surface area (Å²) in [5.41, 5.74) is 2.16. The number of aryl methyl sites for hydroxylation is 1. The van der Waals surface area contributed by atoms with Crippen molar-refractivity contribution in [3.63, 3.8) is 0 Å². The minimum atomic E-state index is -0.100. The van der Waals surface area contributed by atoms with Crippen LogP contribution < -0.4 is 5.32 Å². The van der Waals surface area contributed by atoms with Crippen molar-refractivity contribution in [2.45, 2.75) is 20.3 Å². The zero-order valence-electron chi connectivity index (χ0n) is 10.1. The number of hydrogen-bond donors (Lipinski definition) is 1. The molecule has 0 aliphatic rings. The first-order valence-electron chi connectivity index (χ1n) is 5.55. The van der Waals surface area contributed by atoms with Crippen LogP contribution >= 0.6 is 0 Å². The van der Waals surface area contributed by atoms with Gasteiger partial charge in [0.1, 0.15) is 0 Å². The van der Waals surface area contributed by atoms with Crippen LogP contribution in [-0.4, -0.2) is 19.1 Å². The third-order valence-corrected chi connectivity index (χ3v) is 2.32. The van der Waals surface area contributed by atoms with E-state index in [0.717, 1.165) is 5.56 Å². The Labute approximate surface area is 101 Å². The summed E-state index contributed by atoms with van der Waals surface area (Å²) in [6.07, 6.45) is 0.323. The molecule has 17 heavy (non-hydrogen) atoms. The maximum atomic E-state index is 11.6. The normalized spacial score (nSPS) is 9.71. The zero-order valence-corrected chi connectivity index (χ0v) is 10.1. The standard InChI is InChI=1S/C13H16N2O2/c1-3-17-7-6-13(16)15-12-8-11(9-14)5-4-10(12)2/h4-5,8H,3,6-7H2,1-2H3,(H,15,16). The maximum absolute atomic E-state index is 11.6. The third-order valence-electron chi connectivity index (χ3n) is 2.32. The maximum Gasteiger partial charge on any atom is 0.226 e. The van der Waals surface area contributed by atoms with E-state index in [1.54, 1.807) is 12.1 Å². The Hall–Kier alpha value is -1.86. The largest absolute Gasteiger partial charge is 0.381 e. The Balaban J connectivity index is 2.61. The Morgan fingerprint density at radius 1 is 1.53 bits per heavy atom. The van der Waals surface area contributed by atoms with Gasteiger partial charge >= 0.3 is 0 Å². The number of ether oxygens (including phenoxy) is 1.